The van der Waals surface area contributed by atoms with Crippen LogP contribution in [-0.2, 0) is 0 Å². The van der Waals surface area contributed by atoms with E-state index in [9.17, 15) is 9.59 Å². The smallest absolute Gasteiger partial charge is 0.331 e. The molecule has 0 saturated carbocycles. The van der Waals surface area contributed by atoms with E-state index < -0.39 is 0 Å². The van der Waals surface area contributed by atoms with Crippen molar-refractivity contribution in [2.24, 2.45) is 0 Å². The molecule has 2 N–H and O–H groups in total. The molecule has 0 aliphatic carbocycles. The SMILES string of the molecule is O=C1NCCN1c1ccc(NC(=O)n2ccnc2)cc1. The number of amides is 3. The number of nitrogens with one attached hydrogen (secondary N) is 2. The van der Waals surface area contributed by atoms with Gasteiger partial charge in [0.15, 0.2) is 0 Å². The molecule has 1 aromatic carbocycles. The van der Waals surface area contributed by atoms with Crippen molar-refractivity contribution in [1.82, 2.24) is 14.9 Å². The van der Waals surface area contributed by atoms with E-state index in [4.69, 9.17) is 0 Å². The van der Waals surface area contributed by atoms with Crippen LogP contribution in [0.3, 0.4) is 0 Å². The first-order valence-corrected chi connectivity index (χ1v) is 6.19. The zero-order valence-electron chi connectivity index (χ0n) is 10.6. The Morgan fingerprint density at radius 3 is 2.70 bits per heavy atom. The summed E-state index contributed by atoms with van der Waals surface area (Å²) in [4.78, 5) is 28.8. The van der Waals surface area contributed by atoms with Crippen LogP contribution in [0.2, 0.25) is 0 Å². The topological polar surface area (TPSA) is 79.3 Å². The summed E-state index contributed by atoms with van der Waals surface area (Å²) in [7, 11) is 0. The zero-order valence-corrected chi connectivity index (χ0v) is 10.6. The fourth-order valence-corrected chi connectivity index (χ4v) is 2.01. The number of aromatic nitrogens is 2. The molecule has 0 spiro atoms. The second kappa shape index (κ2) is 5.04. The van der Waals surface area contributed by atoms with E-state index in [-0.39, 0.29) is 12.1 Å². The molecule has 7 nitrogen and oxygen atoms in total. The van der Waals surface area contributed by atoms with Gasteiger partial charge in [-0.05, 0) is 24.3 Å². The molecular weight excluding hydrogens is 258 g/mol. The maximum absolute atomic E-state index is 11.8. The number of imidazole rings is 1. The molecule has 7 heteroatoms. The number of rotatable bonds is 2. The van der Waals surface area contributed by atoms with Crippen molar-refractivity contribution in [3.63, 3.8) is 0 Å². The fraction of sp³-hybridized carbons (Fsp3) is 0.154. The molecule has 1 saturated heterocycles. The van der Waals surface area contributed by atoms with Gasteiger partial charge in [-0.1, -0.05) is 0 Å². The van der Waals surface area contributed by atoms with Gasteiger partial charge in [-0.3, -0.25) is 9.47 Å². The molecule has 0 radical (unpaired) electrons. The summed E-state index contributed by atoms with van der Waals surface area (Å²) in [5.41, 5.74) is 1.47. The monoisotopic (exact) mass is 271 g/mol. The minimum atomic E-state index is -0.283. The van der Waals surface area contributed by atoms with Crippen LogP contribution < -0.4 is 15.5 Å². The van der Waals surface area contributed by atoms with Gasteiger partial charge in [-0.25, -0.2) is 14.6 Å². The average molecular weight is 271 g/mol. The van der Waals surface area contributed by atoms with E-state index in [2.05, 4.69) is 15.6 Å². The molecule has 3 amide bonds. The highest BCUT2D eigenvalue weighted by molar-refractivity contribution is 5.95. The molecule has 1 aliphatic heterocycles. The summed E-state index contributed by atoms with van der Waals surface area (Å²) in [6, 6.07) is 6.74. The molecule has 3 rings (SSSR count). The molecule has 2 aromatic rings. The summed E-state index contributed by atoms with van der Waals surface area (Å²) in [6.07, 6.45) is 4.53. The van der Waals surface area contributed by atoms with Gasteiger partial charge in [0.05, 0.1) is 0 Å². The van der Waals surface area contributed by atoms with Gasteiger partial charge in [-0.2, -0.15) is 0 Å². The Labute approximate surface area is 115 Å². The lowest BCUT2D eigenvalue weighted by Gasteiger charge is -2.14. The molecule has 1 fully saturated rings. The normalized spacial score (nSPS) is 14.2. The van der Waals surface area contributed by atoms with E-state index in [0.717, 1.165) is 5.69 Å². The van der Waals surface area contributed by atoms with Crippen molar-refractivity contribution in [3.05, 3.63) is 43.0 Å². The summed E-state index contributed by atoms with van der Waals surface area (Å²) in [6.45, 7) is 1.30. The summed E-state index contributed by atoms with van der Waals surface area (Å²) in [5.74, 6) is 0. The van der Waals surface area contributed by atoms with Crippen LogP contribution in [0.5, 0.6) is 0 Å². The minimum Gasteiger partial charge on any atom is -0.336 e. The van der Waals surface area contributed by atoms with E-state index in [1.165, 1.54) is 17.1 Å². The van der Waals surface area contributed by atoms with E-state index in [1.54, 1.807) is 35.4 Å². The van der Waals surface area contributed by atoms with Gasteiger partial charge in [0.1, 0.15) is 6.33 Å². The Balaban J connectivity index is 1.70. The lowest BCUT2D eigenvalue weighted by Crippen LogP contribution is -2.27. The molecule has 1 aliphatic rings. The second-order valence-corrected chi connectivity index (χ2v) is 4.33. The number of nitrogens with zero attached hydrogens (tertiary/aromatic N) is 3. The summed E-state index contributed by atoms with van der Waals surface area (Å²) >= 11 is 0. The number of urea groups is 1. The number of carbonyl (C=O) groups excluding carboxylic acids is 2. The highest BCUT2D eigenvalue weighted by Crippen LogP contribution is 2.19. The highest BCUT2D eigenvalue weighted by atomic mass is 16.2. The Hall–Kier alpha value is -2.83. The average Bonchev–Trinajstić information content (AvgIpc) is 3.11. The number of hydrogen-bond acceptors (Lipinski definition) is 3. The Morgan fingerprint density at radius 2 is 2.10 bits per heavy atom. The van der Waals surface area contributed by atoms with E-state index >= 15 is 0 Å². The third-order valence-corrected chi connectivity index (χ3v) is 3.03. The third-order valence-electron chi connectivity index (χ3n) is 3.03. The van der Waals surface area contributed by atoms with Gasteiger partial charge in [0.25, 0.3) is 0 Å². The molecule has 0 unspecified atom stereocenters. The molecule has 0 bridgehead atoms. The zero-order chi connectivity index (χ0) is 13.9. The summed E-state index contributed by atoms with van der Waals surface area (Å²) < 4.78 is 1.35. The van der Waals surface area contributed by atoms with Gasteiger partial charge >= 0.3 is 12.1 Å². The van der Waals surface area contributed by atoms with Crippen molar-refractivity contribution in [2.45, 2.75) is 0 Å². The lowest BCUT2D eigenvalue weighted by atomic mass is 10.2. The predicted molar refractivity (Wildman–Crippen MR) is 73.8 cm³/mol. The van der Waals surface area contributed by atoms with Crippen molar-refractivity contribution in [1.29, 1.82) is 0 Å². The van der Waals surface area contributed by atoms with Crippen LogP contribution in [0, 0.1) is 0 Å². The first-order valence-electron chi connectivity index (χ1n) is 6.19. The highest BCUT2D eigenvalue weighted by Gasteiger charge is 2.20. The number of carbonyl (C=O) groups is 2. The van der Waals surface area contributed by atoms with Crippen molar-refractivity contribution in [3.8, 4) is 0 Å². The van der Waals surface area contributed by atoms with Crippen LogP contribution in [0.25, 0.3) is 0 Å². The Morgan fingerprint density at radius 1 is 1.30 bits per heavy atom. The van der Waals surface area contributed by atoms with E-state index in [1.807, 2.05) is 0 Å². The molecular formula is C13H13N5O2. The van der Waals surface area contributed by atoms with E-state index in [0.29, 0.717) is 18.8 Å². The van der Waals surface area contributed by atoms with Crippen LogP contribution in [-0.4, -0.2) is 34.7 Å². The van der Waals surface area contributed by atoms with Crippen molar-refractivity contribution < 1.29 is 9.59 Å². The predicted octanol–water partition coefficient (Wildman–Crippen LogP) is 1.49. The number of hydrogen-bond donors (Lipinski definition) is 2. The Bertz CT molecular complexity index is 621. The molecule has 0 atom stereocenters. The maximum atomic E-state index is 11.8. The lowest BCUT2D eigenvalue weighted by molar-refractivity contribution is 0.251. The second-order valence-electron chi connectivity index (χ2n) is 4.33. The molecule has 1 aromatic heterocycles. The van der Waals surface area contributed by atoms with Crippen LogP contribution in [0.1, 0.15) is 0 Å². The molecule has 102 valence electrons. The van der Waals surface area contributed by atoms with Crippen molar-refractivity contribution in [2.75, 3.05) is 23.3 Å². The van der Waals surface area contributed by atoms with Gasteiger partial charge in [0.2, 0.25) is 0 Å². The number of benzene rings is 1. The first kappa shape index (κ1) is 12.2. The van der Waals surface area contributed by atoms with Crippen molar-refractivity contribution >= 4 is 23.4 Å². The first-order chi connectivity index (χ1) is 9.74. The quantitative estimate of drug-likeness (QED) is 0.868. The van der Waals surface area contributed by atoms with Crippen LogP contribution >= 0.6 is 0 Å². The summed E-state index contributed by atoms with van der Waals surface area (Å²) in [5, 5.41) is 5.48. The van der Waals surface area contributed by atoms with Gasteiger partial charge in [-0.15, -0.1) is 0 Å². The van der Waals surface area contributed by atoms with Gasteiger partial charge in [0, 0.05) is 36.9 Å². The fourth-order valence-electron chi connectivity index (χ4n) is 2.01. The molecule has 2 heterocycles. The molecule has 20 heavy (non-hydrogen) atoms. The van der Waals surface area contributed by atoms with Crippen LogP contribution in [0.4, 0.5) is 21.0 Å². The third kappa shape index (κ3) is 2.33. The van der Waals surface area contributed by atoms with Gasteiger partial charge < -0.3 is 10.6 Å². The minimum absolute atomic E-state index is 0.0970. The van der Waals surface area contributed by atoms with Crippen LogP contribution in [0.15, 0.2) is 43.0 Å². The Kier molecular flexibility index (Phi) is 3.08. The maximum Gasteiger partial charge on any atom is 0.331 e. The largest absolute Gasteiger partial charge is 0.336 e. The number of anilines is 2. The standard InChI is InChI=1S/C13H13N5O2/c19-12-15-6-8-18(12)11-3-1-10(2-4-11)16-13(20)17-7-5-14-9-17/h1-5,7,9H,6,8H2,(H,15,19)(H,16,20).